The number of hydrogen-bond acceptors (Lipinski definition) is 5. The number of carbonyl (C=O) groups excluding carboxylic acids is 2. The molecule has 0 N–H and O–H groups in total. The first-order chi connectivity index (χ1) is 14.0. The molecule has 4 heterocycles. The largest absolute Gasteiger partial charge is 0.336 e. The van der Waals surface area contributed by atoms with Crippen LogP contribution in [0.2, 0.25) is 0 Å². The fourth-order valence-electron chi connectivity index (χ4n) is 4.41. The standard InChI is InChI=1S/C21H28N6O2/c1-14-7-9-23-27(14)15(2)21(29)25-11-8-18-17(13-25)12-22-20(24-18)19-6-4-5-10-26(19)16(3)28/h7,9,12,15,19H,4-6,8,10-11,13H2,1-3H3/t15-,19-/m1/s1. The first kappa shape index (κ1) is 19.5. The second-order valence-corrected chi connectivity index (χ2v) is 8.03. The van der Waals surface area contributed by atoms with E-state index < -0.39 is 0 Å². The molecule has 4 rings (SSSR count). The van der Waals surface area contributed by atoms with E-state index in [2.05, 4.69) is 10.1 Å². The Morgan fingerprint density at radius 1 is 1.24 bits per heavy atom. The van der Waals surface area contributed by atoms with Gasteiger partial charge in [-0.3, -0.25) is 14.3 Å². The van der Waals surface area contributed by atoms with Gasteiger partial charge in [0.25, 0.3) is 0 Å². The topological polar surface area (TPSA) is 84.2 Å². The van der Waals surface area contributed by atoms with Crippen molar-refractivity contribution in [3.8, 4) is 0 Å². The third kappa shape index (κ3) is 3.75. The lowest BCUT2D eigenvalue weighted by Crippen LogP contribution is -2.41. The summed E-state index contributed by atoms with van der Waals surface area (Å²) in [7, 11) is 0. The first-order valence-corrected chi connectivity index (χ1v) is 10.4. The number of fused-ring (bicyclic) bond motifs is 1. The number of nitrogens with zero attached hydrogens (tertiary/aromatic N) is 6. The van der Waals surface area contributed by atoms with Crippen LogP contribution in [-0.2, 0) is 22.6 Å². The van der Waals surface area contributed by atoms with Gasteiger partial charge in [0.15, 0.2) is 5.82 Å². The summed E-state index contributed by atoms with van der Waals surface area (Å²) >= 11 is 0. The molecule has 1 saturated heterocycles. The number of aromatic nitrogens is 4. The Morgan fingerprint density at radius 3 is 2.79 bits per heavy atom. The Hall–Kier alpha value is -2.77. The summed E-state index contributed by atoms with van der Waals surface area (Å²) in [4.78, 5) is 38.1. The van der Waals surface area contributed by atoms with Gasteiger partial charge in [0.2, 0.25) is 11.8 Å². The van der Waals surface area contributed by atoms with Gasteiger partial charge in [0, 0.05) is 56.6 Å². The SMILES string of the molecule is CC(=O)N1CCCC[C@@H]1c1ncc2c(n1)CCN(C(=O)[C@@H](C)n1nccc1C)C2. The molecule has 0 unspecified atom stereocenters. The van der Waals surface area contributed by atoms with Crippen LogP contribution in [0, 0.1) is 6.92 Å². The van der Waals surface area contributed by atoms with Crippen LogP contribution < -0.4 is 0 Å². The highest BCUT2D eigenvalue weighted by molar-refractivity contribution is 5.80. The molecule has 2 aliphatic heterocycles. The van der Waals surface area contributed by atoms with E-state index in [0.29, 0.717) is 19.5 Å². The van der Waals surface area contributed by atoms with Crippen LogP contribution >= 0.6 is 0 Å². The minimum Gasteiger partial charge on any atom is -0.336 e. The van der Waals surface area contributed by atoms with Gasteiger partial charge in [-0.15, -0.1) is 0 Å². The van der Waals surface area contributed by atoms with Gasteiger partial charge in [-0.1, -0.05) is 0 Å². The van der Waals surface area contributed by atoms with Crippen LogP contribution in [0.25, 0.3) is 0 Å². The van der Waals surface area contributed by atoms with Crippen molar-refractivity contribution in [2.45, 2.75) is 65.1 Å². The van der Waals surface area contributed by atoms with Crippen LogP contribution in [0.5, 0.6) is 0 Å². The molecule has 0 saturated carbocycles. The molecule has 0 bridgehead atoms. The molecule has 154 valence electrons. The predicted octanol–water partition coefficient (Wildman–Crippen LogP) is 2.20. The molecular weight excluding hydrogens is 368 g/mol. The van der Waals surface area contributed by atoms with E-state index in [9.17, 15) is 9.59 Å². The summed E-state index contributed by atoms with van der Waals surface area (Å²) in [5.41, 5.74) is 2.96. The third-order valence-corrected chi connectivity index (χ3v) is 6.06. The van der Waals surface area contributed by atoms with E-state index in [1.807, 2.05) is 35.9 Å². The summed E-state index contributed by atoms with van der Waals surface area (Å²) in [5.74, 6) is 0.871. The van der Waals surface area contributed by atoms with Crippen molar-refractivity contribution in [1.29, 1.82) is 0 Å². The number of aryl methyl sites for hydroxylation is 1. The molecule has 0 aromatic carbocycles. The van der Waals surface area contributed by atoms with Gasteiger partial charge in [0.05, 0.1) is 11.7 Å². The van der Waals surface area contributed by atoms with Crippen molar-refractivity contribution in [2.24, 2.45) is 0 Å². The average Bonchev–Trinajstić information content (AvgIpc) is 3.17. The predicted molar refractivity (Wildman–Crippen MR) is 107 cm³/mol. The second-order valence-electron chi connectivity index (χ2n) is 8.03. The zero-order valence-corrected chi connectivity index (χ0v) is 17.3. The number of rotatable bonds is 3. The van der Waals surface area contributed by atoms with Gasteiger partial charge in [-0.05, 0) is 39.2 Å². The maximum atomic E-state index is 13.0. The maximum Gasteiger partial charge on any atom is 0.247 e. The summed E-state index contributed by atoms with van der Waals surface area (Å²) in [6.45, 7) is 7.37. The van der Waals surface area contributed by atoms with E-state index in [1.165, 1.54) is 0 Å². The average molecular weight is 396 g/mol. The summed E-state index contributed by atoms with van der Waals surface area (Å²) in [6, 6.07) is 1.53. The molecule has 8 heteroatoms. The number of piperidine rings is 1. The molecule has 2 aromatic rings. The zero-order valence-electron chi connectivity index (χ0n) is 17.3. The van der Waals surface area contributed by atoms with Crippen molar-refractivity contribution < 1.29 is 9.59 Å². The molecule has 0 aliphatic carbocycles. The Bertz CT molecular complexity index is 924. The minimum atomic E-state index is -0.335. The number of hydrogen-bond donors (Lipinski definition) is 0. The fourth-order valence-corrected chi connectivity index (χ4v) is 4.41. The molecule has 1 fully saturated rings. The Kier molecular flexibility index (Phi) is 5.34. The van der Waals surface area contributed by atoms with Crippen LogP contribution in [0.1, 0.15) is 68.0 Å². The summed E-state index contributed by atoms with van der Waals surface area (Å²) in [5, 5.41) is 4.27. The van der Waals surface area contributed by atoms with Crippen LogP contribution in [-0.4, -0.2) is 54.5 Å². The molecule has 8 nitrogen and oxygen atoms in total. The number of amides is 2. The lowest BCUT2D eigenvalue weighted by atomic mass is 10.00. The van der Waals surface area contributed by atoms with Gasteiger partial charge in [0.1, 0.15) is 6.04 Å². The van der Waals surface area contributed by atoms with E-state index in [-0.39, 0.29) is 23.9 Å². The number of carbonyl (C=O) groups is 2. The Balaban J connectivity index is 1.50. The van der Waals surface area contributed by atoms with Crippen molar-refractivity contribution in [1.82, 2.24) is 29.5 Å². The van der Waals surface area contributed by atoms with Crippen LogP contribution in [0.4, 0.5) is 0 Å². The minimum absolute atomic E-state index is 0.0333. The van der Waals surface area contributed by atoms with E-state index >= 15 is 0 Å². The van der Waals surface area contributed by atoms with E-state index in [4.69, 9.17) is 4.98 Å². The molecule has 2 aliphatic rings. The summed E-state index contributed by atoms with van der Waals surface area (Å²) < 4.78 is 1.76. The molecule has 0 radical (unpaired) electrons. The van der Waals surface area contributed by atoms with Crippen LogP contribution in [0.15, 0.2) is 18.5 Å². The molecule has 0 spiro atoms. The normalized spacial score (nSPS) is 20.3. The maximum absolute atomic E-state index is 13.0. The van der Waals surface area contributed by atoms with Gasteiger partial charge in [-0.2, -0.15) is 5.10 Å². The van der Waals surface area contributed by atoms with Crippen molar-refractivity contribution in [2.75, 3.05) is 13.1 Å². The van der Waals surface area contributed by atoms with Crippen molar-refractivity contribution in [3.05, 3.63) is 41.2 Å². The smallest absolute Gasteiger partial charge is 0.247 e. The first-order valence-electron chi connectivity index (χ1n) is 10.4. The second kappa shape index (κ2) is 7.93. The summed E-state index contributed by atoms with van der Waals surface area (Å²) in [6.07, 6.45) is 7.29. The van der Waals surface area contributed by atoms with Gasteiger partial charge in [-0.25, -0.2) is 9.97 Å². The Morgan fingerprint density at radius 2 is 2.07 bits per heavy atom. The molecule has 2 aromatic heterocycles. The van der Waals surface area contributed by atoms with Gasteiger partial charge >= 0.3 is 0 Å². The highest BCUT2D eigenvalue weighted by Crippen LogP contribution is 2.30. The molecular formula is C21H28N6O2. The zero-order chi connectivity index (χ0) is 20.5. The van der Waals surface area contributed by atoms with Gasteiger partial charge < -0.3 is 9.80 Å². The third-order valence-electron chi connectivity index (χ3n) is 6.06. The highest BCUT2D eigenvalue weighted by atomic mass is 16.2. The highest BCUT2D eigenvalue weighted by Gasteiger charge is 2.31. The van der Waals surface area contributed by atoms with Crippen molar-refractivity contribution >= 4 is 11.8 Å². The molecule has 2 amide bonds. The monoisotopic (exact) mass is 396 g/mol. The van der Waals surface area contributed by atoms with Crippen molar-refractivity contribution in [3.63, 3.8) is 0 Å². The van der Waals surface area contributed by atoms with E-state index in [1.54, 1.807) is 17.8 Å². The molecule has 29 heavy (non-hydrogen) atoms. The fraction of sp³-hybridized carbons (Fsp3) is 0.571. The number of likely N-dealkylation sites (tertiary alicyclic amines) is 1. The molecule has 2 atom stereocenters. The van der Waals surface area contributed by atoms with E-state index in [0.717, 1.165) is 48.6 Å². The lowest BCUT2D eigenvalue weighted by Gasteiger charge is -2.35. The quantitative estimate of drug-likeness (QED) is 0.794. The lowest BCUT2D eigenvalue weighted by molar-refractivity contribution is -0.135. The Labute approximate surface area is 170 Å². The van der Waals surface area contributed by atoms with Crippen LogP contribution in [0.3, 0.4) is 0 Å².